The quantitative estimate of drug-likeness (QED) is 0.840. The molecule has 0 bridgehead atoms. The molecule has 84 valence electrons. The van der Waals surface area contributed by atoms with Crippen LogP contribution in [-0.4, -0.2) is 15.6 Å². The van der Waals surface area contributed by atoms with Crippen molar-refractivity contribution in [3.8, 4) is 0 Å². The van der Waals surface area contributed by atoms with Crippen molar-refractivity contribution in [1.29, 1.82) is 0 Å². The zero-order valence-electron chi connectivity index (χ0n) is 9.69. The topological polar surface area (TPSA) is 42.2 Å². The van der Waals surface area contributed by atoms with E-state index < -0.39 is 11.4 Å². The van der Waals surface area contributed by atoms with Crippen molar-refractivity contribution < 1.29 is 9.90 Å². The number of hydrogen-bond donors (Lipinski definition) is 1. The van der Waals surface area contributed by atoms with Crippen LogP contribution >= 0.6 is 0 Å². The fraction of sp³-hybridized carbons (Fsp3) is 0.308. The molecular formula is C13H15NO2. The molecule has 0 saturated carbocycles. The number of nitrogens with zero attached hydrogens (tertiary/aromatic N) is 1. The summed E-state index contributed by atoms with van der Waals surface area (Å²) in [5, 5.41) is 10.3. The highest BCUT2D eigenvalue weighted by atomic mass is 16.4. The molecule has 0 saturated heterocycles. The maximum atomic E-state index is 11.3. The second kappa shape index (κ2) is 3.37. The van der Waals surface area contributed by atoms with Gasteiger partial charge in [0.05, 0.1) is 5.41 Å². The lowest BCUT2D eigenvalue weighted by Crippen LogP contribution is -2.28. The van der Waals surface area contributed by atoms with Gasteiger partial charge in [0.25, 0.3) is 0 Å². The van der Waals surface area contributed by atoms with Crippen molar-refractivity contribution in [3.63, 3.8) is 0 Å². The summed E-state index contributed by atoms with van der Waals surface area (Å²) in [5.74, 6) is -0.802. The molecule has 0 fully saturated rings. The largest absolute Gasteiger partial charge is 0.481 e. The lowest BCUT2D eigenvalue weighted by Gasteiger charge is -2.20. The fourth-order valence-corrected chi connectivity index (χ4v) is 1.96. The van der Waals surface area contributed by atoms with Crippen molar-refractivity contribution in [2.75, 3.05) is 0 Å². The van der Waals surface area contributed by atoms with E-state index >= 15 is 0 Å². The molecule has 0 aliphatic rings. The third-order valence-corrected chi connectivity index (χ3v) is 3.14. The van der Waals surface area contributed by atoms with Crippen LogP contribution in [0.2, 0.25) is 0 Å². The zero-order valence-corrected chi connectivity index (χ0v) is 9.69. The van der Waals surface area contributed by atoms with E-state index in [0.29, 0.717) is 0 Å². The van der Waals surface area contributed by atoms with Crippen LogP contribution in [0.15, 0.2) is 30.5 Å². The Bertz CT molecular complexity index is 552. The second-order valence-corrected chi connectivity index (χ2v) is 4.60. The molecule has 0 atom stereocenters. The molecule has 2 rings (SSSR count). The molecule has 0 unspecified atom stereocenters. The van der Waals surface area contributed by atoms with Gasteiger partial charge in [0, 0.05) is 24.1 Å². The van der Waals surface area contributed by atoms with E-state index in [1.807, 2.05) is 42.1 Å². The number of carboxylic acid groups (broad SMARTS) is 1. The molecule has 0 aliphatic heterocycles. The van der Waals surface area contributed by atoms with E-state index in [-0.39, 0.29) is 0 Å². The van der Waals surface area contributed by atoms with Crippen molar-refractivity contribution in [3.05, 3.63) is 36.0 Å². The van der Waals surface area contributed by atoms with E-state index in [1.165, 1.54) is 0 Å². The molecule has 0 aliphatic carbocycles. The van der Waals surface area contributed by atoms with Crippen LogP contribution in [0.1, 0.15) is 19.4 Å². The van der Waals surface area contributed by atoms with Gasteiger partial charge < -0.3 is 9.67 Å². The predicted octanol–water partition coefficient (Wildman–Crippen LogP) is 2.54. The van der Waals surface area contributed by atoms with E-state index in [2.05, 4.69) is 0 Å². The van der Waals surface area contributed by atoms with Crippen molar-refractivity contribution in [2.45, 2.75) is 19.3 Å². The van der Waals surface area contributed by atoms with Gasteiger partial charge in [-0.15, -0.1) is 0 Å². The maximum absolute atomic E-state index is 11.3. The lowest BCUT2D eigenvalue weighted by molar-refractivity contribution is -0.142. The van der Waals surface area contributed by atoms with E-state index in [4.69, 9.17) is 0 Å². The molecule has 0 spiro atoms. The molecule has 1 aromatic heterocycles. The summed E-state index contributed by atoms with van der Waals surface area (Å²) in [6.45, 7) is 3.47. The number of rotatable bonds is 2. The Kier molecular flexibility index (Phi) is 2.26. The Balaban J connectivity index is 2.75. The van der Waals surface area contributed by atoms with Gasteiger partial charge in [-0.05, 0) is 31.5 Å². The molecule has 0 amide bonds. The first-order chi connectivity index (χ1) is 7.44. The predicted molar refractivity (Wildman–Crippen MR) is 63.6 cm³/mol. The average molecular weight is 217 g/mol. The Labute approximate surface area is 94.3 Å². The summed E-state index contributed by atoms with van der Waals surface area (Å²) < 4.78 is 2.00. The van der Waals surface area contributed by atoms with E-state index in [9.17, 15) is 9.90 Å². The maximum Gasteiger partial charge on any atom is 0.313 e. The standard InChI is InChI=1S/C13H15NO2/c1-13(2,12(15)16)10-5-4-6-11-9(10)7-8-14(11)3/h4-8H,1-3H3,(H,15,16). The molecule has 1 N–H and O–H groups in total. The molecule has 0 radical (unpaired) electrons. The molecule has 3 heteroatoms. The smallest absolute Gasteiger partial charge is 0.313 e. The first-order valence-corrected chi connectivity index (χ1v) is 5.22. The van der Waals surface area contributed by atoms with Crippen molar-refractivity contribution in [1.82, 2.24) is 4.57 Å². The van der Waals surface area contributed by atoms with Crippen LogP contribution in [0, 0.1) is 0 Å². The minimum atomic E-state index is -0.860. The third-order valence-electron chi connectivity index (χ3n) is 3.14. The minimum absolute atomic E-state index is 0.802. The summed E-state index contributed by atoms with van der Waals surface area (Å²) >= 11 is 0. The summed E-state index contributed by atoms with van der Waals surface area (Å²) in [6.07, 6.45) is 1.95. The SMILES string of the molecule is Cn1ccc2c(C(C)(C)C(=O)O)cccc21. The van der Waals surface area contributed by atoms with Gasteiger partial charge in [0.1, 0.15) is 0 Å². The van der Waals surface area contributed by atoms with E-state index in [0.717, 1.165) is 16.5 Å². The van der Waals surface area contributed by atoms with Crippen LogP contribution < -0.4 is 0 Å². The average Bonchev–Trinajstić information content (AvgIpc) is 2.60. The summed E-state index contributed by atoms with van der Waals surface area (Å²) in [7, 11) is 1.96. The molecule has 3 nitrogen and oxygen atoms in total. The summed E-state index contributed by atoms with van der Waals surface area (Å²) in [4.78, 5) is 11.3. The number of hydrogen-bond acceptors (Lipinski definition) is 1. The highest BCUT2D eigenvalue weighted by Gasteiger charge is 2.31. The monoisotopic (exact) mass is 217 g/mol. The first kappa shape index (κ1) is 10.7. The van der Waals surface area contributed by atoms with Crippen LogP contribution in [0.4, 0.5) is 0 Å². The van der Waals surface area contributed by atoms with Crippen LogP contribution in [0.25, 0.3) is 10.9 Å². The van der Waals surface area contributed by atoms with E-state index in [1.54, 1.807) is 13.8 Å². The molecule has 1 aromatic carbocycles. The first-order valence-electron chi connectivity index (χ1n) is 5.22. The Morgan fingerprint density at radius 2 is 2.00 bits per heavy atom. The van der Waals surface area contributed by atoms with Crippen molar-refractivity contribution >= 4 is 16.9 Å². The molecular weight excluding hydrogens is 202 g/mol. The Morgan fingerprint density at radius 1 is 1.31 bits per heavy atom. The molecule has 1 heterocycles. The van der Waals surface area contributed by atoms with Gasteiger partial charge in [0.2, 0.25) is 0 Å². The number of carbonyl (C=O) groups is 1. The summed E-state index contributed by atoms with van der Waals surface area (Å²) in [5.41, 5.74) is 1.06. The number of aryl methyl sites for hydroxylation is 1. The van der Waals surface area contributed by atoms with Gasteiger partial charge in [-0.2, -0.15) is 0 Å². The van der Waals surface area contributed by atoms with Crippen LogP contribution in [0.5, 0.6) is 0 Å². The van der Waals surface area contributed by atoms with Crippen LogP contribution in [0.3, 0.4) is 0 Å². The van der Waals surface area contributed by atoms with Gasteiger partial charge in [-0.25, -0.2) is 0 Å². The van der Waals surface area contributed by atoms with Gasteiger partial charge in [0.15, 0.2) is 0 Å². The number of aromatic nitrogens is 1. The fourth-order valence-electron chi connectivity index (χ4n) is 1.96. The number of carboxylic acids is 1. The second-order valence-electron chi connectivity index (χ2n) is 4.60. The summed E-state index contributed by atoms with van der Waals surface area (Å²) in [6, 6.07) is 7.75. The number of aliphatic carboxylic acids is 1. The van der Waals surface area contributed by atoms with Crippen molar-refractivity contribution in [2.24, 2.45) is 7.05 Å². The molecule has 2 aromatic rings. The third kappa shape index (κ3) is 1.40. The number of benzene rings is 1. The molecule has 16 heavy (non-hydrogen) atoms. The zero-order chi connectivity index (χ0) is 11.9. The Morgan fingerprint density at radius 3 is 2.62 bits per heavy atom. The van der Waals surface area contributed by atoms with Gasteiger partial charge in [-0.3, -0.25) is 4.79 Å². The Hall–Kier alpha value is -1.77. The van der Waals surface area contributed by atoms with Gasteiger partial charge >= 0.3 is 5.97 Å². The van der Waals surface area contributed by atoms with Gasteiger partial charge in [-0.1, -0.05) is 12.1 Å². The minimum Gasteiger partial charge on any atom is -0.481 e. The normalized spacial score (nSPS) is 11.9. The highest BCUT2D eigenvalue weighted by Crippen LogP contribution is 2.30. The number of fused-ring (bicyclic) bond motifs is 1. The highest BCUT2D eigenvalue weighted by molar-refractivity contribution is 5.91. The van der Waals surface area contributed by atoms with Crippen LogP contribution in [-0.2, 0) is 17.3 Å². The lowest BCUT2D eigenvalue weighted by atomic mass is 9.83.